The van der Waals surface area contributed by atoms with Gasteiger partial charge in [0.15, 0.2) is 0 Å². The minimum atomic E-state index is -4.28. The van der Waals surface area contributed by atoms with Crippen molar-refractivity contribution in [1.82, 2.24) is 10.2 Å². The van der Waals surface area contributed by atoms with E-state index in [-0.39, 0.29) is 28.9 Å². The molecule has 0 bridgehead atoms. The fraction of sp³-hybridized carbons (Fsp3) is 0.310. The maximum Gasteiger partial charge on any atom is 0.264 e. The molecule has 0 radical (unpaired) electrons. The topological polar surface area (TPSA) is 105 Å². The van der Waals surface area contributed by atoms with Crippen molar-refractivity contribution in [3.8, 4) is 11.5 Å². The number of hydrogen-bond donors (Lipinski definition) is 1. The first kappa shape index (κ1) is 30.4. The van der Waals surface area contributed by atoms with Gasteiger partial charge in [-0.3, -0.25) is 13.9 Å². The number of benzene rings is 3. The van der Waals surface area contributed by atoms with Gasteiger partial charge in [0.1, 0.15) is 29.9 Å². The number of halogens is 1. The van der Waals surface area contributed by atoms with Gasteiger partial charge in [-0.1, -0.05) is 30.3 Å². The van der Waals surface area contributed by atoms with Crippen molar-refractivity contribution >= 4 is 27.5 Å². The number of anilines is 1. The van der Waals surface area contributed by atoms with Crippen LogP contribution in [0, 0.1) is 5.82 Å². The molecule has 3 rings (SSSR count). The lowest BCUT2D eigenvalue weighted by Gasteiger charge is -2.32. The Balaban J connectivity index is 2.10. The third-order valence-corrected chi connectivity index (χ3v) is 7.90. The largest absolute Gasteiger partial charge is 0.497 e. The van der Waals surface area contributed by atoms with Gasteiger partial charge in [-0.25, -0.2) is 12.8 Å². The Morgan fingerprint density at radius 1 is 0.925 bits per heavy atom. The molecule has 0 fully saturated rings. The summed E-state index contributed by atoms with van der Waals surface area (Å²) in [5.74, 6) is -0.965. The van der Waals surface area contributed by atoms with Crippen molar-refractivity contribution < 1.29 is 31.9 Å². The predicted octanol–water partition coefficient (Wildman–Crippen LogP) is 3.98. The van der Waals surface area contributed by atoms with E-state index in [2.05, 4.69) is 5.32 Å². The summed E-state index contributed by atoms with van der Waals surface area (Å²) in [5, 5.41) is 2.79. The van der Waals surface area contributed by atoms with Crippen molar-refractivity contribution in [2.24, 2.45) is 0 Å². The average Bonchev–Trinajstić information content (AvgIpc) is 2.94. The summed E-state index contributed by atoms with van der Waals surface area (Å²) >= 11 is 0. The van der Waals surface area contributed by atoms with E-state index < -0.39 is 40.2 Å². The molecule has 0 saturated carbocycles. The van der Waals surface area contributed by atoms with Crippen LogP contribution in [-0.4, -0.2) is 58.0 Å². The zero-order chi connectivity index (χ0) is 29.4. The summed E-state index contributed by atoms with van der Waals surface area (Å²) in [6.45, 7) is 4.43. The number of sulfonamides is 1. The molecule has 0 spiro atoms. The van der Waals surface area contributed by atoms with E-state index in [1.54, 1.807) is 51.1 Å². The van der Waals surface area contributed by atoms with Gasteiger partial charge in [-0.15, -0.1) is 0 Å². The van der Waals surface area contributed by atoms with Crippen LogP contribution in [0.1, 0.15) is 26.3 Å². The van der Waals surface area contributed by atoms with E-state index >= 15 is 0 Å². The van der Waals surface area contributed by atoms with Crippen molar-refractivity contribution in [2.45, 2.75) is 44.3 Å². The Bertz CT molecular complexity index is 1420. The molecule has 2 amide bonds. The number of methoxy groups -OCH3 is 2. The monoisotopic (exact) mass is 571 g/mol. The van der Waals surface area contributed by atoms with Crippen LogP contribution in [0.25, 0.3) is 0 Å². The average molecular weight is 572 g/mol. The number of carbonyl (C=O) groups excluding carboxylic acids is 2. The van der Waals surface area contributed by atoms with Crippen molar-refractivity contribution in [2.75, 3.05) is 25.1 Å². The molecule has 1 N–H and O–H groups in total. The lowest BCUT2D eigenvalue weighted by atomic mass is 10.1. The van der Waals surface area contributed by atoms with Crippen LogP contribution < -0.4 is 19.1 Å². The Morgan fingerprint density at radius 2 is 1.57 bits per heavy atom. The van der Waals surface area contributed by atoms with E-state index in [4.69, 9.17) is 9.47 Å². The lowest BCUT2D eigenvalue weighted by molar-refractivity contribution is -0.139. The Labute approximate surface area is 234 Å². The van der Waals surface area contributed by atoms with Gasteiger partial charge in [-0.2, -0.15) is 0 Å². The van der Waals surface area contributed by atoms with Crippen LogP contribution >= 0.6 is 0 Å². The number of nitrogens with one attached hydrogen (secondary N) is 1. The van der Waals surface area contributed by atoms with Crippen molar-refractivity contribution in [3.05, 3.63) is 84.2 Å². The molecule has 0 aliphatic carbocycles. The zero-order valence-corrected chi connectivity index (χ0v) is 23.9. The van der Waals surface area contributed by atoms with Gasteiger partial charge < -0.3 is 19.7 Å². The van der Waals surface area contributed by atoms with Gasteiger partial charge in [0.25, 0.3) is 10.0 Å². The summed E-state index contributed by atoms with van der Waals surface area (Å²) in [4.78, 5) is 28.2. The minimum Gasteiger partial charge on any atom is -0.497 e. The van der Waals surface area contributed by atoms with Crippen LogP contribution in [0.4, 0.5) is 10.1 Å². The van der Waals surface area contributed by atoms with Crippen LogP contribution in [0.2, 0.25) is 0 Å². The molecular weight excluding hydrogens is 537 g/mol. The first-order chi connectivity index (χ1) is 19.0. The summed E-state index contributed by atoms with van der Waals surface area (Å²) < 4.78 is 53.1. The molecule has 3 aromatic rings. The smallest absolute Gasteiger partial charge is 0.264 e. The number of nitrogens with zero attached hydrogens (tertiary/aromatic N) is 2. The maximum absolute atomic E-state index is 14.0. The molecule has 0 heterocycles. The van der Waals surface area contributed by atoms with Gasteiger partial charge >= 0.3 is 0 Å². The Morgan fingerprint density at radius 3 is 2.15 bits per heavy atom. The predicted molar refractivity (Wildman–Crippen MR) is 150 cm³/mol. The molecule has 0 saturated heterocycles. The third-order valence-electron chi connectivity index (χ3n) is 6.13. The SMILES string of the molecule is COc1ccc(OC)c(N(CC(=O)N(Cc2ccc(F)cc2)C(C)C(=O)NC(C)C)S(=O)(=O)c2ccccc2)c1. The highest BCUT2D eigenvalue weighted by atomic mass is 32.2. The third kappa shape index (κ3) is 7.29. The Hall–Kier alpha value is -4.12. The summed E-state index contributed by atoms with van der Waals surface area (Å²) in [6, 6.07) is 16.7. The highest BCUT2D eigenvalue weighted by Gasteiger charge is 2.34. The molecule has 9 nitrogen and oxygen atoms in total. The molecule has 1 atom stereocenters. The second kappa shape index (κ2) is 13.3. The lowest BCUT2D eigenvalue weighted by Crippen LogP contribution is -2.52. The fourth-order valence-corrected chi connectivity index (χ4v) is 5.44. The van der Waals surface area contributed by atoms with Crippen molar-refractivity contribution in [3.63, 3.8) is 0 Å². The molecule has 214 valence electrons. The summed E-state index contributed by atoms with van der Waals surface area (Å²) in [6.07, 6.45) is 0. The highest BCUT2D eigenvalue weighted by Crippen LogP contribution is 2.36. The second-order valence-electron chi connectivity index (χ2n) is 9.35. The second-order valence-corrected chi connectivity index (χ2v) is 11.2. The van der Waals surface area contributed by atoms with Crippen LogP contribution in [0.3, 0.4) is 0 Å². The van der Waals surface area contributed by atoms with E-state index in [0.29, 0.717) is 11.3 Å². The van der Waals surface area contributed by atoms with Gasteiger partial charge in [0.05, 0.1) is 24.8 Å². The maximum atomic E-state index is 14.0. The number of ether oxygens (including phenoxy) is 2. The van der Waals surface area contributed by atoms with E-state index in [9.17, 15) is 22.4 Å². The van der Waals surface area contributed by atoms with Gasteiger partial charge in [0.2, 0.25) is 11.8 Å². The van der Waals surface area contributed by atoms with Gasteiger partial charge in [0, 0.05) is 18.7 Å². The zero-order valence-electron chi connectivity index (χ0n) is 23.1. The first-order valence-corrected chi connectivity index (χ1v) is 14.1. The molecule has 40 heavy (non-hydrogen) atoms. The number of amides is 2. The highest BCUT2D eigenvalue weighted by molar-refractivity contribution is 7.92. The normalized spacial score (nSPS) is 12.0. The molecule has 1 unspecified atom stereocenters. The van der Waals surface area contributed by atoms with E-state index in [1.807, 2.05) is 0 Å². The molecule has 3 aromatic carbocycles. The standard InChI is InChI=1S/C29H34FN3O6S/c1-20(2)31-29(35)21(3)32(18-22-11-13-23(30)14-12-22)28(34)19-33(40(36,37)25-9-7-6-8-10-25)26-17-24(38-4)15-16-27(26)39-5/h6-17,20-21H,18-19H2,1-5H3,(H,31,35). The molecule has 0 aliphatic rings. The number of hydrogen-bond acceptors (Lipinski definition) is 6. The minimum absolute atomic E-state index is 0.0386. The molecule has 11 heteroatoms. The van der Waals surface area contributed by atoms with Crippen LogP contribution in [-0.2, 0) is 26.2 Å². The van der Waals surface area contributed by atoms with Gasteiger partial charge in [-0.05, 0) is 62.7 Å². The van der Waals surface area contributed by atoms with Crippen LogP contribution in [0.15, 0.2) is 77.7 Å². The molecule has 0 aliphatic heterocycles. The summed E-state index contributed by atoms with van der Waals surface area (Å²) in [7, 11) is -1.46. The van der Waals surface area contributed by atoms with Crippen molar-refractivity contribution in [1.29, 1.82) is 0 Å². The quantitative estimate of drug-likeness (QED) is 0.353. The molecular formula is C29H34FN3O6S. The first-order valence-electron chi connectivity index (χ1n) is 12.6. The Kier molecular flexibility index (Phi) is 10.1. The van der Waals surface area contributed by atoms with E-state index in [0.717, 1.165) is 4.31 Å². The summed E-state index contributed by atoms with van der Waals surface area (Å²) in [5.41, 5.74) is 0.649. The number of rotatable bonds is 12. The van der Waals surface area contributed by atoms with E-state index in [1.165, 1.54) is 61.6 Å². The molecule has 0 aromatic heterocycles. The van der Waals surface area contributed by atoms with Crippen LogP contribution in [0.5, 0.6) is 11.5 Å². The fourth-order valence-electron chi connectivity index (χ4n) is 4.00. The number of carbonyl (C=O) groups is 2.